The van der Waals surface area contributed by atoms with Gasteiger partial charge in [0.25, 0.3) is 0 Å². The Morgan fingerprint density at radius 3 is 3.00 bits per heavy atom. The maximum atomic E-state index is 5.75. The molecule has 0 aliphatic carbocycles. The van der Waals surface area contributed by atoms with E-state index in [9.17, 15) is 0 Å². The van der Waals surface area contributed by atoms with Crippen LogP contribution in [0.1, 0.15) is 12.3 Å². The second-order valence-corrected chi connectivity index (χ2v) is 4.58. The number of aromatic nitrogens is 3. The molecular weight excluding hydrogens is 252 g/mol. The molecule has 102 valence electrons. The Kier molecular flexibility index (Phi) is 3.69. The lowest BCUT2D eigenvalue weighted by Crippen LogP contribution is -2.08. The van der Waals surface area contributed by atoms with E-state index in [-0.39, 0.29) is 0 Å². The van der Waals surface area contributed by atoms with Gasteiger partial charge in [-0.25, -0.2) is 0 Å². The second-order valence-electron chi connectivity index (χ2n) is 4.58. The maximum Gasteiger partial charge on any atom is 0.248 e. The van der Waals surface area contributed by atoms with Gasteiger partial charge in [0, 0.05) is 23.6 Å². The Bertz CT molecular complexity index is 702. The molecule has 5 heteroatoms. The van der Waals surface area contributed by atoms with E-state index in [1.54, 1.807) is 6.20 Å². The third kappa shape index (κ3) is 2.53. The van der Waals surface area contributed by atoms with Crippen molar-refractivity contribution in [1.82, 2.24) is 20.5 Å². The minimum Gasteiger partial charge on any atom is -0.421 e. The molecule has 0 fully saturated rings. The van der Waals surface area contributed by atoms with Crippen molar-refractivity contribution in [3.63, 3.8) is 0 Å². The second kappa shape index (κ2) is 5.79. The Balaban J connectivity index is 1.91. The van der Waals surface area contributed by atoms with E-state index in [0.29, 0.717) is 11.8 Å². The molecule has 1 aromatic carbocycles. The van der Waals surface area contributed by atoms with Crippen molar-refractivity contribution in [3.8, 4) is 11.5 Å². The smallest absolute Gasteiger partial charge is 0.248 e. The van der Waals surface area contributed by atoms with Gasteiger partial charge in [-0.3, -0.25) is 4.98 Å². The maximum absolute atomic E-state index is 5.75. The molecule has 0 saturated carbocycles. The van der Waals surface area contributed by atoms with Crippen LogP contribution in [0.4, 0.5) is 0 Å². The van der Waals surface area contributed by atoms with E-state index in [1.807, 2.05) is 37.4 Å². The molecule has 0 atom stereocenters. The predicted molar refractivity (Wildman–Crippen MR) is 77.3 cm³/mol. The average Bonchev–Trinajstić information content (AvgIpc) is 2.96. The molecule has 3 rings (SSSR count). The zero-order valence-corrected chi connectivity index (χ0v) is 11.3. The quantitative estimate of drug-likeness (QED) is 0.720. The monoisotopic (exact) mass is 268 g/mol. The minimum absolute atomic E-state index is 0.558. The Morgan fingerprint density at radius 2 is 2.10 bits per heavy atom. The molecule has 0 aliphatic heterocycles. The molecule has 1 N–H and O–H groups in total. The standard InChI is InChI=1S/C15H16N4O/c1-16-9-4-8-14-18-19-15(20-14)12-5-2-7-13-11(12)6-3-10-17-13/h2-3,5-7,10,16H,4,8-9H2,1H3. The molecule has 2 aromatic heterocycles. The van der Waals surface area contributed by atoms with Crippen molar-refractivity contribution in [2.45, 2.75) is 12.8 Å². The summed E-state index contributed by atoms with van der Waals surface area (Å²) < 4.78 is 5.75. The van der Waals surface area contributed by atoms with E-state index in [4.69, 9.17) is 4.42 Å². The SMILES string of the molecule is CNCCCc1nnc(-c2cccc3ncccc23)o1. The Labute approximate surface area is 117 Å². The largest absolute Gasteiger partial charge is 0.421 e. The van der Waals surface area contributed by atoms with Crippen LogP contribution in [-0.4, -0.2) is 28.8 Å². The van der Waals surface area contributed by atoms with Crippen LogP contribution in [0.5, 0.6) is 0 Å². The normalized spacial score (nSPS) is 11.1. The highest BCUT2D eigenvalue weighted by atomic mass is 16.4. The first kappa shape index (κ1) is 12.7. The first-order valence-corrected chi connectivity index (χ1v) is 6.69. The van der Waals surface area contributed by atoms with Crippen LogP contribution in [0.2, 0.25) is 0 Å². The number of hydrogen-bond acceptors (Lipinski definition) is 5. The summed E-state index contributed by atoms with van der Waals surface area (Å²) in [7, 11) is 1.93. The molecule has 5 nitrogen and oxygen atoms in total. The fourth-order valence-electron chi connectivity index (χ4n) is 2.17. The van der Waals surface area contributed by atoms with Gasteiger partial charge in [-0.15, -0.1) is 10.2 Å². The number of rotatable bonds is 5. The number of aryl methyl sites for hydroxylation is 1. The van der Waals surface area contributed by atoms with Crippen LogP contribution < -0.4 is 5.32 Å². The number of fused-ring (bicyclic) bond motifs is 1. The van der Waals surface area contributed by atoms with Gasteiger partial charge in [0.2, 0.25) is 11.8 Å². The molecule has 0 saturated heterocycles. The van der Waals surface area contributed by atoms with Crippen molar-refractivity contribution in [2.75, 3.05) is 13.6 Å². The molecule has 20 heavy (non-hydrogen) atoms. The molecule has 0 amide bonds. The van der Waals surface area contributed by atoms with Gasteiger partial charge in [0.1, 0.15) is 0 Å². The topological polar surface area (TPSA) is 63.8 Å². The summed E-state index contributed by atoms with van der Waals surface area (Å²) in [6.07, 6.45) is 3.55. The molecule has 0 radical (unpaired) electrons. The lowest BCUT2D eigenvalue weighted by Gasteiger charge is -2.01. The van der Waals surface area contributed by atoms with E-state index in [2.05, 4.69) is 20.5 Å². The summed E-state index contributed by atoms with van der Waals surface area (Å²) in [5.41, 5.74) is 1.86. The van der Waals surface area contributed by atoms with Crippen molar-refractivity contribution in [2.24, 2.45) is 0 Å². The van der Waals surface area contributed by atoms with Gasteiger partial charge in [0.15, 0.2) is 0 Å². The van der Waals surface area contributed by atoms with Crippen molar-refractivity contribution >= 4 is 10.9 Å². The molecule has 3 aromatic rings. The van der Waals surface area contributed by atoms with E-state index in [0.717, 1.165) is 35.9 Å². The highest BCUT2D eigenvalue weighted by molar-refractivity contribution is 5.92. The van der Waals surface area contributed by atoms with Crippen LogP contribution in [0.25, 0.3) is 22.4 Å². The van der Waals surface area contributed by atoms with Gasteiger partial charge in [-0.05, 0) is 38.2 Å². The zero-order valence-electron chi connectivity index (χ0n) is 11.3. The van der Waals surface area contributed by atoms with Gasteiger partial charge < -0.3 is 9.73 Å². The van der Waals surface area contributed by atoms with Crippen LogP contribution in [-0.2, 0) is 6.42 Å². The minimum atomic E-state index is 0.558. The van der Waals surface area contributed by atoms with E-state index >= 15 is 0 Å². The van der Waals surface area contributed by atoms with Crippen LogP contribution in [0, 0.1) is 0 Å². The summed E-state index contributed by atoms with van der Waals surface area (Å²) >= 11 is 0. The average molecular weight is 268 g/mol. The van der Waals surface area contributed by atoms with Crippen molar-refractivity contribution < 1.29 is 4.42 Å². The van der Waals surface area contributed by atoms with Gasteiger partial charge in [0.05, 0.1) is 5.52 Å². The highest BCUT2D eigenvalue weighted by Crippen LogP contribution is 2.26. The molecule has 0 bridgehead atoms. The first-order chi connectivity index (χ1) is 9.88. The first-order valence-electron chi connectivity index (χ1n) is 6.69. The van der Waals surface area contributed by atoms with Crippen molar-refractivity contribution in [3.05, 3.63) is 42.4 Å². The summed E-state index contributed by atoms with van der Waals surface area (Å²) in [6, 6.07) is 9.84. The summed E-state index contributed by atoms with van der Waals surface area (Å²) in [6.45, 7) is 0.940. The van der Waals surface area contributed by atoms with Crippen molar-refractivity contribution in [1.29, 1.82) is 0 Å². The summed E-state index contributed by atoms with van der Waals surface area (Å²) in [4.78, 5) is 4.34. The number of benzene rings is 1. The molecule has 0 spiro atoms. The number of nitrogens with zero attached hydrogens (tertiary/aromatic N) is 3. The third-order valence-electron chi connectivity index (χ3n) is 3.16. The van der Waals surface area contributed by atoms with Crippen LogP contribution in [0.15, 0.2) is 40.9 Å². The fraction of sp³-hybridized carbons (Fsp3) is 0.267. The van der Waals surface area contributed by atoms with Gasteiger partial charge in [-0.2, -0.15) is 0 Å². The Hall–Kier alpha value is -2.27. The Morgan fingerprint density at radius 1 is 1.15 bits per heavy atom. The van der Waals surface area contributed by atoms with Crippen LogP contribution >= 0.6 is 0 Å². The predicted octanol–water partition coefficient (Wildman–Crippen LogP) is 2.44. The lowest BCUT2D eigenvalue weighted by atomic mass is 10.1. The summed E-state index contributed by atoms with van der Waals surface area (Å²) in [5, 5.41) is 12.4. The lowest BCUT2D eigenvalue weighted by molar-refractivity contribution is 0.495. The molecule has 0 unspecified atom stereocenters. The summed E-state index contributed by atoms with van der Waals surface area (Å²) in [5.74, 6) is 1.24. The number of pyridine rings is 1. The van der Waals surface area contributed by atoms with Crippen LogP contribution in [0.3, 0.4) is 0 Å². The molecule has 0 aliphatic rings. The number of hydrogen-bond donors (Lipinski definition) is 1. The number of nitrogens with one attached hydrogen (secondary N) is 1. The van der Waals surface area contributed by atoms with Gasteiger partial charge in [-0.1, -0.05) is 12.1 Å². The van der Waals surface area contributed by atoms with E-state index in [1.165, 1.54) is 0 Å². The highest BCUT2D eigenvalue weighted by Gasteiger charge is 2.11. The fourth-order valence-corrected chi connectivity index (χ4v) is 2.17. The van der Waals surface area contributed by atoms with Gasteiger partial charge >= 0.3 is 0 Å². The molecule has 2 heterocycles. The third-order valence-corrected chi connectivity index (χ3v) is 3.16. The van der Waals surface area contributed by atoms with E-state index < -0.39 is 0 Å². The molecular formula is C15H16N4O. The zero-order chi connectivity index (χ0) is 13.8.